The topological polar surface area (TPSA) is 76.2 Å². The van der Waals surface area contributed by atoms with Gasteiger partial charge in [-0.2, -0.15) is 0 Å². The van der Waals surface area contributed by atoms with Gasteiger partial charge in [0.25, 0.3) is 0 Å². The zero-order chi connectivity index (χ0) is 15.4. The van der Waals surface area contributed by atoms with E-state index in [2.05, 4.69) is 10.3 Å². The fourth-order valence-electron chi connectivity index (χ4n) is 1.92. The van der Waals surface area contributed by atoms with E-state index in [0.717, 1.165) is 11.5 Å². The molecule has 2 rings (SSSR count). The molecule has 21 heavy (non-hydrogen) atoms. The summed E-state index contributed by atoms with van der Waals surface area (Å²) in [5.74, 6) is 0.862. The molecule has 0 saturated carbocycles. The molecule has 1 unspecified atom stereocenters. The molecule has 0 aliphatic rings. The average Bonchev–Trinajstić information content (AvgIpc) is 2.86. The first-order valence-corrected chi connectivity index (χ1v) is 6.80. The highest BCUT2D eigenvalue weighted by Crippen LogP contribution is 2.12. The lowest BCUT2D eigenvalue weighted by Crippen LogP contribution is -2.39. The molecule has 3 N–H and O–H groups in total. The fraction of sp³-hybridized carbons (Fsp3) is 0.333. The number of aromatic nitrogens is 2. The molecule has 0 aliphatic carbocycles. The number of nitrogens with zero attached hydrogens (tertiary/aromatic N) is 3. The van der Waals surface area contributed by atoms with E-state index in [-0.39, 0.29) is 11.9 Å². The molecule has 6 nitrogen and oxygen atoms in total. The Bertz CT molecular complexity index is 605. The molecule has 0 fully saturated rings. The van der Waals surface area contributed by atoms with Crippen LogP contribution in [0.25, 0.3) is 0 Å². The maximum atomic E-state index is 12.2. The first-order chi connectivity index (χ1) is 9.97. The number of anilines is 2. The van der Waals surface area contributed by atoms with Crippen molar-refractivity contribution in [1.82, 2.24) is 14.5 Å². The summed E-state index contributed by atoms with van der Waals surface area (Å²) in [7, 11) is 3.84. The highest BCUT2D eigenvalue weighted by molar-refractivity contribution is 5.94. The van der Waals surface area contributed by atoms with Crippen LogP contribution in [0.1, 0.15) is 12.7 Å². The fourth-order valence-corrected chi connectivity index (χ4v) is 1.92. The van der Waals surface area contributed by atoms with Gasteiger partial charge in [0.1, 0.15) is 5.82 Å². The number of hydrogen-bond acceptors (Lipinski definition) is 4. The van der Waals surface area contributed by atoms with Crippen LogP contribution >= 0.6 is 0 Å². The Morgan fingerprint density at radius 3 is 2.67 bits per heavy atom. The average molecular weight is 287 g/mol. The molecule has 0 aliphatic heterocycles. The summed E-state index contributed by atoms with van der Waals surface area (Å²) in [5.41, 5.74) is 7.04. The molecule has 1 atom stereocenters. The van der Waals surface area contributed by atoms with Crippen LogP contribution in [-0.2, 0) is 18.4 Å². The van der Waals surface area contributed by atoms with Crippen molar-refractivity contribution >= 4 is 17.3 Å². The number of aryl methyl sites for hydroxylation is 1. The maximum Gasteiger partial charge on any atom is 0.241 e. The number of amides is 1. The molecule has 1 aromatic heterocycles. The van der Waals surface area contributed by atoms with E-state index in [9.17, 15) is 4.79 Å². The zero-order valence-electron chi connectivity index (χ0n) is 12.6. The van der Waals surface area contributed by atoms with Crippen molar-refractivity contribution in [1.29, 1.82) is 0 Å². The summed E-state index contributed by atoms with van der Waals surface area (Å²) >= 11 is 0. The van der Waals surface area contributed by atoms with Gasteiger partial charge in [0.2, 0.25) is 5.91 Å². The van der Waals surface area contributed by atoms with Crippen molar-refractivity contribution in [3.63, 3.8) is 0 Å². The van der Waals surface area contributed by atoms with Gasteiger partial charge in [-0.15, -0.1) is 0 Å². The summed E-state index contributed by atoms with van der Waals surface area (Å²) in [6.07, 6.45) is 3.64. The molecule has 1 amide bonds. The molecule has 0 radical (unpaired) electrons. The lowest BCUT2D eigenvalue weighted by atomic mass is 10.2. The summed E-state index contributed by atoms with van der Waals surface area (Å²) in [6.45, 7) is 2.48. The minimum atomic E-state index is -0.265. The van der Waals surface area contributed by atoms with Crippen molar-refractivity contribution in [2.45, 2.75) is 19.5 Å². The minimum absolute atomic E-state index is 0.0588. The molecular weight excluding hydrogens is 266 g/mol. The Kier molecular flexibility index (Phi) is 4.59. The standard InChI is InChI=1S/C15H21N5O/c1-11(20(3)10-14-17-8-9-19(14)2)15(21)18-13-6-4-12(16)5-7-13/h4-9,11H,10,16H2,1-3H3,(H,18,21). The first kappa shape index (κ1) is 15.1. The molecule has 0 spiro atoms. The lowest BCUT2D eigenvalue weighted by molar-refractivity contribution is -0.120. The van der Waals surface area contributed by atoms with Crippen molar-refractivity contribution in [2.24, 2.45) is 7.05 Å². The number of likely N-dealkylation sites (N-methyl/N-ethyl adjacent to an activating group) is 1. The number of nitrogens with one attached hydrogen (secondary N) is 1. The molecule has 112 valence electrons. The second kappa shape index (κ2) is 6.41. The Morgan fingerprint density at radius 2 is 2.10 bits per heavy atom. The van der Waals surface area contributed by atoms with E-state index in [4.69, 9.17) is 5.73 Å². The number of hydrogen-bond donors (Lipinski definition) is 2. The first-order valence-electron chi connectivity index (χ1n) is 6.80. The van der Waals surface area contributed by atoms with E-state index < -0.39 is 0 Å². The zero-order valence-corrected chi connectivity index (χ0v) is 12.6. The van der Waals surface area contributed by atoms with Gasteiger partial charge in [0.05, 0.1) is 12.6 Å². The Hall–Kier alpha value is -2.34. The second-order valence-electron chi connectivity index (χ2n) is 5.16. The molecule has 0 saturated heterocycles. The third kappa shape index (κ3) is 3.82. The van der Waals surface area contributed by atoms with E-state index in [1.165, 1.54) is 0 Å². The monoisotopic (exact) mass is 287 g/mol. The molecular formula is C15H21N5O. The lowest BCUT2D eigenvalue weighted by Gasteiger charge is -2.23. The van der Waals surface area contributed by atoms with E-state index in [1.54, 1.807) is 30.5 Å². The SMILES string of the molecule is CC(C(=O)Nc1ccc(N)cc1)N(C)Cc1nccn1C. The molecule has 6 heteroatoms. The van der Waals surface area contributed by atoms with Crippen LogP contribution in [0.15, 0.2) is 36.7 Å². The Labute approximate surface area is 124 Å². The maximum absolute atomic E-state index is 12.2. The molecule has 2 aromatic rings. The molecule has 1 heterocycles. The highest BCUT2D eigenvalue weighted by Gasteiger charge is 2.19. The highest BCUT2D eigenvalue weighted by atomic mass is 16.2. The quantitative estimate of drug-likeness (QED) is 0.816. The third-order valence-electron chi connectivity index (χ3n) is 3.53. The van der Waals surface area contributed by atoms with E-state index in [0.29, 0.717) is 12.2 Å². The summed E-state index contributed by atoms with van der Waals surface area (Å²) < 4.78 is 1.95. The van der Waals surface area contributed by atoms with Gasteiger partial charge in [-0.3, -0.25) is 9.69 Å². The van der Waals surface area contributed by atoms with Crippen molar-refractivity contribution in [2.75, 3.05) is 18.1 Å². The molecule has 1 aromatic carbocycles. The van der Waals surface area contributed by atoms with Crippen LogP contribution in [0.3, 0.4) is 0 Å². The van der Waals surface area contributed by atoms with Crippen LogP contribution in [0.5, 0.6) is 0 Å². The smallest absolute Gasteiger partial charge is 0.241 e. The molecule has 0 bridgehead atoms. The van der Waals surface area contributed by atoms with Crippen LogP contribution in [0, 0.1) is 0 Å². The van der Waals surface area contributed by atoms with Gasteiger partial charge in [-0.05, 0) is 38.2 Å². The largest absolute Gasteiger partial charge is 0.399 e. The number of nitrogens with two attached hydrogens (primary N) is 1. The minimum Gasteiger partial charge on any atom is -0.399 e. The normalized spacial score (nSPS) is 12.4. The van der Waals surface area contributed by atoms with Gasteiger partial charge in [-0.25, -0.2) is 4.98 Å². The number of carbonyl (C=O) groups excluding carboxylic acids is 1. The van der Waals surface area contributed by atoms with Gasteiger partial charge < -0.3 is 15.6 Å². The summed E-state index contributed by atoms with van der Waals surface area (Å²) in [4.78, 5) is 18.5. The van der Waals surface area contributed by atoms with Crippen molar-refractivity contribution in [3.8, 4) is 0 Å². The van der Waals surface area contributed by atoms with Crippen LogP contribution in [0.4, 0.5) is 11.4 Å². The number of rotatable bonds is 5. The Morgan fingerprint density at radius 1 is 1.43 bits per heavy atom. The number of imidazole rings is 1. The van der Waals surface area contributed by atoms with Gasteiger partial charge in [0.15, 0.2) is 0 Å². The van der Waals surface area contributed by atoms with Crippen molar-refractivity contribution < 1.29 is 4.79 Å². The van der Waals surface area contributed by atoms with Crippen LogP contribution in [0.2, 0.25) is 0 Å². The number of carbonyl (C=O) groups is 1. The summed E-state index contributed by atoms with van der Waals surface area (Å²) in [6, 6.07) is 6.84. The van der Waals surface area contributed by atoms with E-state index in [1.807, 2.05) is 36.7 Å². The van der Waals surface area contributed by atoms with Crippen molar-refractivity contribution in [3.05, 3.63) is 42.5 Å². The van der Waals surface area contributed by atoms with Crippen LogP contribution in [-0.4, -0.2) is 33.4 Å². The van der Waals surface area contributed by atoms with Gasteiger partial charge in [-0.1, -0.05) is 0 Å². The summed E-state index contributed by atoms with van der Waals surface area (Å²) in [5, 5.41) is 2.88. The van der Waals surface area contributed by atoms with Gasteiger partial charge in [0, 0.05) is 30.8 Å². The predicted octanol–water partition coefficient (Wildman–Crippen LogP) is 1.46. The van der Waals surface area contributed by atoms with Gasteiger partial charge >= 0.3 is 0 Å². The predicted molar refractivity (Wildman–Crippen MR) is 83.6 cm³/mol. The van der Waals surface area contributed by atoms with Crippen LogP contribution < -0.4 is 11.1 Å². The Balaban J connectivity index is 1.95. The second-order valence-corrected chi connectivity index (χ2v) is 5.16. The number of nitrogen functional groups attached to an aromatic ring is 1. The number of benzene rings is 1. The van der Waals surface area contributed by atoms with E-state index >= 15 is 0 Å². The third-order valence-corrected chi connectivity index (χ3v) is 3.53.